The maximum absolute atomic E-state index is 12.9. The van der Waals surface area contributed by atoms with E-state index in [2.05, 4.69) is 29.3 Å². The van der Waals surface area contributed by atoms with E-state index in [4.69, 9.17) is 0 Å². The molecule has 6 nitrogen and oxygen atoms in total. The van der Waals surface area contributed by atoms with E-state index < -0.39 is 16.1 Å². The molecule has 0 spiro atoms. The Hall–Kier alpha value is -2.38. The van der Waals surface area contributed by atoms with Gasteiger partial charge in [0.2, 0.25) is 15.9 Å². The van der Waals surface area contributed by atoms with Crippen molar-refractivity contribution >= 4 is 21.6 Å². The molecule has 1 fully saturated rings. The van der Waals surface area contributed by atoms with Crippen LogP contribution in [0, 0.1) is 5.92 Å². The van der Waals surface area contributed by atoms with Crippen LogP contribution in [-0.4, -0.2) is 45.0 Å². The lowest BCUT2D eigenvalue weighted by atomic mass is 9.99. The Bertz CT molecular complexity index is 945. The molecule has 0 aliphatic carbocycles. The summed E-state index contributed by atoms with van der Waals surface area (Å²) < 4.78 is 25.3. The number of nitrogens with zero attached hydrogens (tertiary/aromatic N) is 2. The van der Waals surface area contributed by atoms with Crippen molar-refractivity contribution in [2.45, 2.75) is 32.4 Å². The zero-order chi connectivity index (χ0) is 21.7. The number of likely N-dealkylation sites (N-methyl/N-ethyl adjacent to an activating group) is 1. The van der Waals surface area contributed by atoms with Crippen LogP contribution in [0.25, 0.3) is 0 Å². The Morgan fingerprint density at radius 2 is 1.83 bits per heavy atom. The van der Waals surface area contributed by atoms with Gasteiger partial charge in [-0.05, 0) is 42.0 Å². The molecule has 0 bridgehead atoms. The third-order valence-electron chi connectivity index (χ3n) is 5.68. The number of carbonyl (C=O) groups is 1. The highest BCUT2D eigenvalue weighted by atomic mass is 32.2. The number of sulfonamides is 1. The number of hydrogen-bond donors (Lipinski definition) is 1. The molecule has 3 rings (SSSR count). The predicted molar refractivity (Wildman–Crippen MR) is 121 cm³/mol. The van der Waals surface area contributed by atoms with Gasteiger partial charge in [-0.3, -0.25) is 4.79 Å². The number of benzene rings is 2. The van der Waals surface area contributed by atoms with Crippen molar-refractivity contribution in [2.75, 3.05) is 31.3 Å². The van der Waals surface area contributed by atoms with Gasteiger partial charge in [0, 0.05) is 32.4 Å². The van der Waals surface area contributed by atoms with Gasteiger partial charge >= 0.3 is 0 Å². The summed E-state index contributed by atoms with van der Waals surface area (Å²) in [5.41, 5.74) is 2.82. The Balaban J connectivity index is 1.68. The Kier molecular flexibility index (Phi) is 7.15. The van der Waals surface area contributed by atoms with E-state index in [1.54, 1.807) is 24.3 Å². The lowest BCUT2D eigenvalue weighted by Crippen LogP contribution is -2.41. The normalized spacial score (nSPS) is 18.3. The van der Waals surface area contributed by atoms with E-state index in [1.165, 1.54) is 25.6 Å². The summed E-state index contributed by atoms with van der Waals surface area (Å²) in [4.78, 5) is 15.3. The standard InChI is InChI=1S/C23H31N3O3S/c1-18-8-7-15-26(17-18)21-13-11-19(12-14-21)16-24-23(27)22(25(2)30(3,28)29)20-9-5-4-6-10-20/h4-6,9-14,18,22H,7-8,15-17H2,1-3H3,(H,24,27)/t18-,22-/m0/s1. The second-order valence-electron chi connectivity index (χ2n) is 8.17. The highest BCUT2D eigenvalue weighted by Crippen LogP contribution is 2.24. The molecular weight excluding hydrogens is 398 g/mol. The fourth-order valence-electron chi connectivity index (χ4n) is 3.89. The van der Waals surface area contributed by atoms with Gasteiger partial charge in [0.25, 0.3) is 0 Å². The molecule has 0 saturated carbocycles. The van der Waals surface area contributed by atoms with Gasteiger partial charge in [0.15, 0.2) is 0 Å². The third kappa shape index (κ3) is 5.61. The lowest BCUT2D eigenvalue weighted by molar-refractivity contribution is -0.124. The van der Waals surface area contributed by atoms with Crippen molar-refractivity contribution in [3.8, 4) is 0 Å². The van der Waals surface area contributed by atoms with Gasteiger partial charge in [-0.1, -0.05) is 49.4 Å². The summed E-state index contributed by atoms with van der Waals surface area (Å²) in [5.74, 6) is 0.363. The van der Waals surface area contributed by atoms with Gasteiger partial charge in [-0.15, -0.1) is 0 Å². The van der Waals surface area contributed by atoms with Gasteiger partial charge < -0.3 is 10.2 Å². The zero-order valence-corrected chi connectivity index (χ0v) is 18.7. The molecule has 0 unspecified atom stereocenters. The highest BCUT2D eigenvalue weighted by Gasteiger charge is 2.30. The average molecular weight is 430 g/mol. The molecule has 1 heterocycles. The van der Waals surface area contributed by atoms with Crippen LogP contribution in [0.15, 0.2) is 54.6 Å². The first-order valence-corrected chi connectivity index (χ1v) is 12.2. The minimum atomic E-state index is -3.53. The lowest BCUT2D eigenvalue weighted by Gasteiger charge is -2.32. The first-order valence-electron chi connectivity index (χ1n) is 10.4. The van der Waals surface area contributed by atoms with Gasteiger partial charge in [-0.2, -0.15) is 4.31 Å². The number of hydrogen-bond acceptors (Lipinski definition) is 4. The number of rotatable bonds is 7. The number of anilines is 1. The average Bonchev–Trinajstić information content (AvgIpc) is 2.73. The maximum atomic E-state index is 12.9. The second kappa shape index (κ2) is 9.62. The number of amides is 1. The molecule has 1 amide bonds. The van der Waals surface area contributed by atoms with Gasteiger partial charge in [0.1, 0.15) is 6.04 Å². The summed E-state index contributed by atoms with van der Waals surface area (Å²) in [6.45, 7) is 4.78. The van der Waals surface area contributed by atoms with Crippen molar-refractivity contribution in [3.05, 3.63) is 65.7 Å². The Labute approximate surface area is 179 Å². The molecule has 7 heteroatoms. The summed E-state index contributed by atoms with van der Waals surface area (Å²) in [5, 5.41) is 2.90. The fraction of sp³-hybridized carbons (Fsp3) is 0.435. The molecule has 1 saturated heterocycles. The van der Waals surface area contributed by atoms with E-state index in [0.717, 1.165) is 29.2 Å². The fourth-order valence-corrected chi connectivity index (χ4v) is 4.49. The van der Waals surface area contributed by atoms with Crippen LogP contribution in [-0.2, 0) is 21.4 Å². The molecule has 162 valence electrons. The molecule has 1 aliphatic heterocycles. The Morgan fingerprint density at radius 1 is 1.17 bits per heavy atom. The Morgan fingerprint density at radius 3 is 2.43 bits per heavy atom. The molecule has 1 N–H and O–H groups in total. The van der Waals surface area contributed by atoms with Crippen LogP contribution in [0.4, 0.5) is 5.69 Å². The maximum Gasteiger partial charge on any atom is 0.243 e. The quantitative estimate of drug-likeness (QED) is 0.734. The molecule has 2 aromatic rings. The minimum absolute atomic E-state index is 0.344. The molecule has 0 aromatic heterocycles. The van der Waals surface area contributed by atoms with E-state index >= 15 is 0 Å². The second-order valence-corrected chi connectivity index (χ2v) is 10.2. The SMILES string of the molecule is C[C@H]1CCCN(c2ccc(CNC(=O)[C@H](c3ccccc3)N(C)S(C)(=O)=O)cc2)C1. The van der Waals surface area contributed by atoms with E-state index in [0.29, 0.717) is 18.0 Å². The zero-order valence-electron chi connectivity index (χ0n) is 17.9. The largest absolute Gasteiger partial charge is 0.371 e. The number of nitrogens with one attached hydrogen (secondary N) is 1. The van der Waals surface area contributed by atoms with Crippen molar-refractivity contribution in [1.82, 2.24) is 9.62 Å². The van der Waals surface area contributed by atoms with E-state index in [9.17, 15) is 13.2 Å². The van der Waals surface area contributed by atoms with Gasteiger partial charge in [-0.25, -0.2) is 8.42 Å². The van der Waals surface area contributed by atoms with Crippen molar-refractivity contribution in [1.29, 1.82) is 0 Å². The van der Waals surface area contributed by atoms with Crippen LogP contribution in [0.2, 0.25) is 0 Å². The van der Waals surface area contributed by atoms with E-state index in [1.807, 2.05) is 18.2 Å². The molecule has 0 radical (unpaired) electrons. The molecule has 2 atom stereocenters. The van der Waals surface area contributed by atoms with Crippen LogP contribution < -0.4 is 10.2 Å². The smallest absolute Gasteiger partial charge is 0.243 e. The van der Waals surface area contributed by atoms with Crippen LogP contribution in [0.1, 0.15) is 36.9 Å². The van der Waals surface area contributed by atoms with Crippen LogP contribution in [0.3, 0.4) is 0 Å². The number of carbonyl (C=O) groups excluding carboxylic acids is 1. The van der Waals surface area contributed by atoms with Crippen molar-refractivity contribution in [2.24, 2.45) is 5.92 Å². The molecule has 1 aliphatic rings. The minimum Gasteiger partial charge on any atom is -0.371 e. The van der Waals surface area contributed by atoms with Crippen molar-refractivity contribution in [3.63, 3.8) is 0 Å². The third-order valence-corrected chi connectivity index (χ3v) is 6.93. The summed E-state index contributed by atoms with van der Waals surface area (Å²) >= 11 is 0. The van der Waals surface area contributed by atoms with Crippen molar-refractivity contribution < 1.29 is 13.2 Å². The summed E-state index contributed by atoms with van der Waals surface area (Å²) in [7, 11) is -2.10. The number of piperidine rings is 1. The van der Waals surface area contributed by atoms with Gasteiger partial charge in [0.05, 0.1) is 6.26 Å². The monoisotopic (exact) mass is 429 g/mol. The first-order chi connectivity index (χ1) is 14.3. The predicted octanol–water partition coefficient (Wildman–Crippen LogP) is 3.17. The summed E-state index contributed by atoms with van der Waals surface area (Å²) in [6.07, 6.45) is 3.61. The van der Waals surface area contributed by atoms with Crippen LogP contribution in [0.5, 0.6) is 0 Å². The summed E-state index contributed by atoms with van der Waals surface area (Å²) in [6, 6.07) is 16.3. The molecule has 30 heavy (non-hydrogen) atoms. The highest BCUT2D eigenvalue weighted by molar-refractivity contribution is 7.88. The van der Waals surface area contributed by atoms with Crippen LogP contribution >= 0.6 is 0 Å². The molecule has 2 aromatic carbocycles. The van der Waals surface area contributed by atoms with E-state index in [-0.39, 0.29) is 5.91 Å². The molecular formula is C23H31N3O3S. The first kappa shape index (κ1) is 22.3. The topological polar surface area (TPSA) is 69.7 Å².